The average Bonchev–Trinajstić information content (AvgIpc) is 2.82. The van der Waals surface area contributed by atoms with Crippen molar-refractivity contribution in [1.82, 2.24) is 14.1 Å². The smallest absolute Gasteiger partial charge is 0.414 e. The van der Waals surface area contributed by atoms with Gasteiger partial charge in [0.25, 0.3) is 10.0 Å². The Morgan fingerprint density at radius 1 is 1.03 bits per heavy atom. The fourth-order valence-electron chi connectivity index (χ4n) is 3.42. The predicted molar refractivity (Wildman–Crippen MR) is 135 cm³/mol. The summed E-state index contributed by atoms with van der Waals surface area (Å²) in [7, 11) is 3.02. The number of hydrogen-bond acceptors (Lipinski definition) is 7. The highest BCUT2D eigenvalue weighted by atomic mass is 35.5. The van der Waals surface area contributed by atoms with E-state index >= 15 is 0 Å². The van der Waals surface area contributed by atoms with Crippen molar-refractivity contribution in [2.75, 3.05) is 35.2 Å². The normalized spacial score (nSPS) is 11.3. The van der Waals surface area contributed by atoms with Crippen molar-refractivity contribution in [3.05, 3.63) is 68.5 Å². The van der Waals surface area contributed by atoms with Crippen LogP contribution in [0.15, 0.2) is 50.5 Å². The van der Waals surface area contributed by atoms with Crippen LogP contribution in [0, 0.1) is 6.92 Å². The van der Waals surface area contributed by atoms with Crippen LogP contribution in [0.2, 0.25) is 5.02 Å². The number of hydrogen-bond donors (Lipinski definition) is 0. The van der Waals surface area contributed by atoms with E-state index in [0.717, 1.165) is 4.90 Å². The number of halogens is 1. The van der Waals surface area contributed by atoms with Crippen LogP contribution in [-0.4, -0.2) is 69.9 Å². The zero-order valence-corrected chi connectivity index (χ0v) is 22.2. The molecule has 2 aromatic carbocycles. The number of carbonyl (C=O) groups excluding carboxylic acids is 2. The molecule has 0 bridgehead atoms. The lowest BCUT2D eigenvalue weighted by atomic mass is 9.99. The van der Waals surface area contributed by atoms with E-state index in [-0.39, 0.29) is 27.7 Å². The van der Waals surface area contributed by atoms with Gasteiger partial charge in [0.2, 0.25) is 0 Å². The lowest BCUT2D eigenvalue weighted by Gasteiger charge is -2.21. The maximum atomic E-state index is 12.9. The predicted octanol–water partition coefficient (Wildman–Crippen LogP) is 3.71. The molecule has 1 heterocycles. The number of fused-ring (bicyclic) bond motifs is 1. The molecule has 10 nitrogen and oxygen atoms in total. The van der Waals surface area contributed by atoms with Gasteiger partial charge in [-0.15, -0.1) is 0 Å². The Morgan fingerprint density at radius 3 is 2.31 bits per heavy atom. The summed E-state index contributed by atoms with van der Waals surface area (Å²) >= 11 is 6.31. The molecule has 12 heteroatoms. The third kappa shape index (κ3) is 5.31. The average molecular weight is 536 g/mol. The molecular formula is C24H26ClN3O7S. The van der Waals surface area contributed by atoms with Gasteiger partial charge < -0.3 is 19.0 Å². The Bertz CT molecular complexity index is 1510. The summed E-state index contributed by atoms with van der Waals surface area (Å²) in [6.45, 7) is 1.72. The highest BCUT2D eigenvalue weighted by molar-refractivity contribution is 7.89. The van der Waals surface area contributed by atoms with E-state index in [2.05, 4.69) is 0 Å². The summed E-state index contributed by atoms with van der Waals surface area (Å²) in [4.78, 5) is 39.2. The van der Waals surface area contributed by atoms with Crippen molar-refractivity contribution in [1.29, 1.82) is 0 Å². The number of carbonyl (C=O) groups is 2. The van der Waals surface area contributed by atoms with E-state index < -0.39 is 27.8 Å². The summed E-state index contributed by atoms with van der Waals surface area (Å²) in [5.74, 6) is 0.0486. The van der Waals surface area contributed by atoms with E-state index in [0.29, 0.717) is 26.4 Å². The van der Waals surface area contributed by atoms with Crippen LogP contribution >= 0.6 is 11.6 Å². The van der Waals surface area contributed by atoms with Gasteiger partial charge in [0.1, 0.15) is 5.58 Å². The zero-order valence-electron chi connectivity index (χ0n) is 20.7. The Hall–Kier alpha value is -3.57. The Morgan fingerprint density at radius 2 is 1.69 bits per heavy atom. The Balaban J connectivity index is 2.00. The maximum Gasteiger partial charge on any atom is 0.414 e. The van der Waals surface area contributed by atoms with Gasteiger partial charge in [0.05, 0.1) is 9.92 Å². The van der Waals surface area contributed by atoms with E-state index in [1.54, 1.807) is 19.1 Å². The van der Waals surface area contributed by atoms with Gasteiger partial charge in [0, 0.05) is 58.7 Å². The van der Waals surface area contributed by atoms with Gasteiger partial charge in [-0.25, -0.2) is 27.1 Å². The molecular weight excluding hydrogens is 510 g/mol. The van der Waals surface area contributed by atoms with E-state index in [1.165, 1.54) is 64.4 Å². The highest BCUT2D eigenvalue weighted by Gasteiger charge is 2.27. The van der Waals surface area contributed by atoms with Gasteiger partial charge in [-0.05, 0) is 36.2 Å². The molecule has 3 rings (SSSR count). The molecule has 0 aliphatic heterocycles. The Kier molecular flexibility index (Phi) is 7.65. The van der Waals surface area contributed by atoms with Crippen LogP contribution in [-0.2, 0) is 16.4 Å². The first-order valence-electron chi connectivity index (χ1n) is 10.7. The minimum Gasteiger partial charge on any atom is -0.422 e. The molecule has 0 radical (unpaired) electrons. The number of urea groups is 1. The fourth-order valence-corrected chi connectivity index (χ4v) is 4.86. The van der Waals surface area contributed by atoms with Crippen LogP contribution in [0.5, 0.6) is 5.75 Å². The molecule has 0 fully saturated rings. The second-order valence-corrected chi connectivity index (χ2v) is 10.9. The standard InChI is InChI=1S/C24H26ClN3O7S/c1-14-17-12-19(25)21(35-24(31)27(4)5)13-20(17)34-22(29)18(14)11-15-8-7-9-16(10-15)36(32,33)28(6)23(30)26(2)3/h7-10,12-13H,11H2,1-6H3. The maximum absolute atomic E-state index is 12.9. The molecule has 0 aliphatic rings. The molecule has 0 saturated heterocycles. The summed E-state index contributed by atoms with van der Waals surface area (Å²) in [5, 5.41) is 0.696. The van der Waals surface area contributed by atoms with Crippen LogP contribution in [0.4, 0.5) is 9.59 Å². The van der Waals surface area contributed by atoms with Crippen molar-refractivity contribution in [2.45, 2.75) is 18.2 Å². The first-order valence-corrected chi connectivity index (χ1v) is 12.5. The summed E-state index contributed by atoms with van der Waals surface area (Å²) in [6.07, 6.45) is -0.562. The number of amides is 3. The number of nitrogens with zero attached hydrogens (tertiary/aromatic N) is 3. The highest BCUT2D eigenvalue weighted by Crippen LogP contribution is 2.32. The number of sulfonamides is 1. The molecule has 0 N–H and O–H groups in total. The number of aryl methyl sites for hydroxylation is 1. The van der Waals surface area contributed by atoms with Crippen LogP contribution in [0.1, 0.15) is 16.7 Å². The molecule has 3 aromatic rings. The molecule has 36 heavy (non-hydrogen) atoms. The summed E-state index contributed by atoms with van der Waals surface area (Å²) in [6, 6.07) is 8.22. The molecule has 0 atom stereocenters. The largest absolute Gasteiger partial charge is 0.422 e. The third-order valence-corrected chi connectivity index (χ3v) is 7.51. The molecule has 0 saturated carbocycles. The zero-order chi connectivity index (χ0) is 26.9. The number of benzene rings is 2. The van der Waals surface area contributed by atoms with E-state index in [4.69, 9.17) is 20.8 Å². The van der Waals surface area contributed by atoms with Crippen LogP contribution in [0.25, 0.3) is 11.0 Å². The minimum atomic E-state index is -4.10. The molecule has 0 unspecified atom stereocenters. The topological polar surface area (TPSA) is 117 Å². The van der Waals surface area contributed by atoms with Crippen molar-refractivity contribution in [3.8, 4) is 5.75 Å². The monoisotopic (exact) mass is 535 g/mol. The van der Waals surface area contributed by atoms with Crippen LogP contribution in [0.3, 0.4) is 0 Å². The molecule has 1 aromatic heterocycles. The van der Waals surface area contributed by atoms with Crippen molar-refractivity contribution < 1.29 is 27.2 Å². The fraction of sp³-hybridized carbons (Fsp3) is 0.292. The second kappa shape index (κ2) is 10.2. The van der Waals surface area contributed by atoms with Gasteiger partial charge >= 0.3 is 17.7 Å². The van der Waals surface area contributed by atoms with Crippen molar-refractivity contribution in [2.24, 2.45) is 0 Å². The first-order chi connectivity index (χ1) is 16.7. The molecule has 0 aliphatic carbocycles. The lowest BCUT2D eigenvalue weighted by Crippen LogP contribution is -2.40. The third-order valence-electron chi connectivity index (χ3n) is 5.49. The quantitative estimate of drug-likeness (QED) is 0.457. The SMILES string of the molecule is Cc1c(Cc2cccc(S(=O)(=O)N(C)C(=O)N(C)C)c2)c(=O)oc2cc(OC(=O)N(C)C)c(Cl)cc12. The van der Waals surface area contributed by atoms with Gasteiger partial charge in [-0.1, -0.05) is 23.7 Å². The van der Waals surface area contributed by atoms with Crippen molar-refractivity contribution in [3.63, 3.8) is 0 Å². The lowest BCUT2D eigenvalue weighted by molar-refractivity contribution is 0.172. The molecule has 0 spiro atoms. The number of rotatable bonds is 5. The van der Waals surface area contributed by atoms with Gasteiger partial charge in [-0.2, -0.15) is 0 Å². The first kappa shape index (κ1) is 27.0. The minimum absolute atomic E-state index is 0.0486. The molecule has 3 amide bonds. The molecule has 192 valence electrons. The summed E-state index contributed by atoms with van der Waals surface area (Å²) < 4.78 is 37.2. The van der Waals surface area contributed by atoms with Gasteiger partial charge in [0.15, 0.2) is 5.75 Å². The van der Waals surface area contributed by atoms with E-state index in [1.807, 2.05) is 0 Å². The van der Waals surface area contributed by atoms with E-state index in [9.17, 15) is 22.8 Å². The van der Waals surface area contributed by atoms with Gasteiger partial charge in [-0.3, -0.25) is 0 Å². The summed E-state index contributed by atoms with van der Waals surface area (Å²) in [5.41, 5.74) is 0.984. The number of ether oxygens (including phenoxy) is 1. The van der Waals surface area contributed by atoms with Crippen LogP contribution < -0.4 is 10.4 Å². The second-order valence-electron chi connectivity index (χ2n) is 8.51. The van der Waals surface area contributed by atoms with Crippen molar-refractivity contribution >= 4 is 44.7 Å². The Labute approximate surface area is 213 Å².